The maximum atomic E-state index is 13.2. The van der Waals surface area contributed by atoms with E-state index in [1.54, 1.807) is 24.9 Å². The van der Waals surface area contributed by atoms with Crippen LogP contribution >= 0.6 is 11.8 Å². The molecule has 7 nitrogen and oxygen atoms in total. The molecule has 5 rings (SSSR count). The van der Waals surface area contributed by atoms with Crippen LogP contribution in [0.2, 0.25) is 0 Å². The number of hydrogen-bond acceptors (Lipinski definition) is 7. The molecular weight excluding hydrogens is 424 g/mol. The summed E-state index contributed by atoms with van der Waals surface area (Å²) in [5.74, 6) is 1.24. The lowest BCUT2D eigenvalue weighted by molar-refractivity contribution is 0.413. The van der Waals surface area contributed by atoms with Gasteiger partial charge in [0, 0.05) is 10.3 Å². The molecule has 2 aromatic heterocycles. The Morgan fingerprint density at radius 3 is 2.56 bits per heavy atom. The van der Waals surface area contributed by atoms with Gasteiger partial charge in [-0.3, -0.25) is 4.79 Å². The molecule has 0 unspecified atom stereocenters. The first kappa shape index (κ1) is 20.0. The Bertz CT molecular complexity index is 1490. The fraction of sp³-hybridized carbons (Fsp3) is 0.0833. The molecule has 0 N–H and O–H groups in total. The summed E-state index contributed by atoms with van der Waals surface area (Å²) in [7, 11) is 1.59. The molecule has 8 heteroatoms. The Kier molecular flexibility index (Phi) is 5.20. The van der Waals surface area contributed by atoms with Gasteiger partial charge in [-0.05, 0) is 42.7 Å². The Morgan fingerprint density at radius 2 is 1.75 bits per heavy atom. The van der Waals surface area contributed by atoms with Crippen molar-refractivity contribution in [3.63, 3.8) is 0 Å². The van der Waals surface area contributed by atoms with Gasteiger partial charge >= 0.3 is 0 Å². The van der Waals surface area contributed by atoms with E-state index in [0.29, 0.717) is 39.3 Å². The number of para-hydroxylation sites is 1. The summed E-state index contributed by atoms with van der Waals surface area (Å²) in [4.78, 5) is 18.8. The second-order valence-corrected chi connectivity index (χ2v) is 7.82. The van der Waals surface area contributed by atoms with Crippen molar-refractivity contribution in [2.24, 2.45) is 0 Å². The summed E-state index contributed by atoms with van der Waals surface area (Å²) in [5, 5.41) is 9.93. The summed E-state index contributed by atoms with van der Waals surface area (Å²) in [5.41, 5.74) is 1.59. The molecule has 5 aromatic rings. The number of hydrogen-bond donors (Lipinski definition) is 0. The van der Waals surface area contributed by atoms with Crippen LogP contribution in [0.25, 0.3) is 39.4 Å². The standard InChI is InChI=1S/C24H18N4O3S/c1-30-20-13-6-5-12-19(20)22-25-23(31-27-22)21-17-10-3-4-11-18(17)24(29)28(26-21)15-8-7-9-16(14-15)32-2/h3-14H,1-2H3. The third-order valence-corrected chi connectivity index (χ3v) is 5.80. The predicted molar refractivity (Wildman–Crippen MR) is 124 cm³/mol. The van der Waals surface area contributed by atoms with Gasteiger partial charge in [-0.15, -0.1) is 11.8 Å². The molecule has 0 spiro atoms. The van der Waals surface area contributed by atoms with Gasteiger partial charge in [-0.1, -0.05) is 41.6 Å². The second kappa shape index (κ2) is 8.32. The largest absolute Gasteiger partial charge is 0.496 e. The van der Waals surface area contributed by atoms with Crippen molar-refractivity contribution < 1.29 is 9.26 Å². The number of benzene rings is 3. The van der Waals surface area contributed by atoms with Gasteiger partial charge in [0.2, 0.25) is 5.82 Å². The minimum Gasteiger partial charge on any atom is -0.496 e. The van der Waals surface area contributed by atoms with E-state index in [9.17, 15) is 4.79 Å². The molecule has 2 heterocycles. The Hall–Kier alpha value is -3.91. The second-order valence-electron chi connectivity index (χ2n) is 6.94. The monoisotopic (exact) mass is 442 g/mol. The van der Waals surface area contributed by atoms with Crippen molar-refractivity contribution >= 4 is 22.5 Å². The smallest absolute Gasteiger partial charge is 0.279 e. The highest BCUT2D eigenvalue weighted by molar-refractivity contribution is 7.98. The van der Waals surface area contributed by atoms with Crippen LogP contribution in [-0.2, 0) is 0 Å². The minimum atomic E-state index is -0.216. The van der Waals surface area contributed by atoms with Gasteiger partial charge in [-0.2, -0.15) is 14.8 Å². The van der Waals surface area contributed by atoms with Gasteiger partial charge in [0.25, 0.3) is 11.4 Å². The Morgan fingerprint density at radius 1 is 0.969 bits per heavy atom. The SMILES string of the molecule is COc1ccccc1-c1noc(-c2nn(-c3cccc(SC)c3)c(=O)c3ccccc23)n1. The van der Waals surface area contributed by atoms with Crippen LogP contribution in [0.5, 0.6) is 5.75 Å². The van der Waals surface area contributed by atoms with E-state index in [2.05, 4.69) is 15.2 Å². The van der Waals surface area contributed by atoms with Gasteiger partial charge in [0.15, 0.2) is 5.69 Å². The number of rotatable bonds is 5. The molecule has 0 radical (unpaired) electrons. The van der Waals surface area contributed by atoms with Gasteiger partial charge < -0.3 is 9.26 Å². The molecule has 158 valence electrons. The molecule has 0 amide bonds. The first-order valence-corrected chi connectivity index (χ1v) is 11.1. The maximum absolute atomic E-state index is 13.2. The lowest BCUT2D eigenvalue weighted by Gasteiger charge is -2.10. The highest BCUT2D eigenvalue weighted by Gasteiger charge is 2.20. The summed E-state index contributed by atoms with van der Waals surface area (Å²) < 4.78 is 12.4. The third-order valence-electron chi connectivity index (χ3n) is 5.08. The fourth-order valence-corrected chi connectivity index (χ4v) is 3.98. The summed E-state index contributed by atoms with van der Waals surface area (Å²) >= 11 is 1.60. The van der Waals surface area contributed by atoms with E-state index >= 15 is 0 Å². The zero-order valence-electron chi connectivity index (χ0n) is 17.4. The van der Waals surface area contributed by atoms with Gasteiger partial charge in [-0.25, -0.2) is 0 Å². The van der Waals surface area contributed by atoms with Crippen molar-refractivity contribution in [3.8, 4) is 34.4 Å². The van der Waals surface area contributed by atoms with Crippen molar-refractivity contribution in [1.82, 2.24) is 19.9 Å². The van der Waals surface area contributed by atoms with Crippen LogP contribution in [0.4, 0.5) is 0 Å². The van der Waals surface area contributed by atoms with E-state index in [4.69, 9.17) is 9.26 Å². The average molecular weight is 443 g/mol. The van der Waals surface area contributed by atoms with Crippen LogP contribution in [0.1, 0.15) is 0 Å². The first-order chi connectivity index (χ1) is 15.7. The van der Waals surface area contributed by atoms with E-state index in [1.807, 2.05) is 73.0 Å². The zero-order valence-corrected chi connectivity index (χ0v) is 18.2. The summed E-state index contributed by atoms with van der Waals surface area (Å²) in [6.07, 6.45) is 1.99. The molecule has 0 saturated heterocycles. The number of aromatic nitrogens is 4. The number of nitrogens with zero attached hydrogens (tertiary/aromatic N) is 4. The number of fused-ring (bicyclic) bond motifs is 1. The van der Waals surface area contributed by atoms with Gasteiger partial charge in [0.05, 0.1) is 23.7 Å². The van der Waals surface area contributed by atoms with Crippen molar-refractivity contribution in [2.45, 2.75) is 4.90 Å². The predicted octanol–water partition coefficient (Wildman–Crippen LogP) is 4.83. The molecule has 3 aromatic carbocycles. The van der Waals surface area contributed by atoms with Crippen molar-refractivity contribution in [3.05, 3.63) is 83.2 Å². The topological polar surface area (TPSA) is 83.0 Å². The average Bonchev–Trinajstić information content (AvgIpc) is 3.34. The normalized spacial score (nSPS) is 11.1. The fourth-order valence-electron chi connectivity index (χ4n) is 3.52. The number of ether oxygens (including phenoxy) is 1. The molecule has 32 heavy (non-hydrogen) atoms. The van der Waals surface area contributed by atoms with E-state index < -0.39 is 0 Å². The molecule has 0 saturated carbocycles. The molecule has 0 fully saturated rings. The highest BCUT2D eigenvalue weighted by atomic mass is 32.2. The quantitative estimate of drug-likeness (QED) is 0.360. The lowest BCUT2D eigenvalue weighted by atomic mass is 10.1. The molecular formula is C24H18N4O3S. The first-order valence-electron chi connectivity index (χ1n) is 9.83. The summed E-state index contributed by atoms with van der Waals surface area (Å²) in [6.45, 7) is 0. The van der Waals surface area contributed by atoms with Crippen molar-refractivity contribution in [2.75, 3.05) is 13.4 Å². The maximum Gasteiger partial charge on any atom is 0.279 e. The van der Waals surface area contributed by atoms with Crippen LogP contribution in [-0.4, -0.2) is 33.3 Å². The molecule has 0 aliphatic carbocycles. The van der Waals surface area contributed by atoms with Crippen LogP contribution in [0.3, 0.4) is 0 Å². The van der Waals surface area contributed by atoms with Gasteiger partial charge in [0.1, 0.15) is 5.75 Å². The van der Waals surface area contributed by atoms with E-state index in [0.717, 1.165) is 4.90 Å². The number of methoxy groups -OCH3 is 1. The highest BCUT2D eigenvalue weighted by Crippen LogP contribution is 2.30. The summed E-state index contributed by atoms with van der Waals surface area (Å²) in [6, 6.07) is 22.4. The third kappa shape index (κ3) is 3.44. The molecule has 0 aliphatic heterocycles. The Balaban J connectivity index is 1.72. The Labute approximate surface area is 187 Å². The zero-order chi connectivity index (χ0) is 22.1. The van der Waals surface area contributed by atoms with Crippen molar-refractivity contribution in [1.29, 1.82) is 0 Å². The van der Waals surface area contributed by atoms with Crippen LogP contribution < -0.4 is 10.3 Å². The molecule has 0 atom stereocenters. The van der Waals surface area contributed by atoms with E-state index in [-0.39, 0.29) is 11.4 Å². The lowest BCUT2D eigenvalue weighted by Crippen LogP contribution is -2.22. The number of thioether (sulfide) groups is 1. The van der Waals surface area contributed by atoms with Crippen LogP contribution in [0.15, 0.2) is 87.0 Å². The minimum absolute atomic E-state index is 0.216. The molecule has 0 bridgehead atoms. The van der Waals surface area contributed by atoms with Crippen LogP contribution in [0, 0.1) is 0 Å². The van der Waals surface area contributed by atoms with E-state index in [1.165, 1.54) is 4.68 Å². The molecule has 0 aliphatic rings.